The molecule has 4 rings (SSSR count). The number of benzene rings is 3. The molecule has 29 heavy (non-hydrogen) atoms. The van der Waals surface area contributed by atoms with Crippen LogP contribution in [0.3, 0.4) is 0 Å². The summed E-state index contributed by atoms with van der Waals surface area (Å²) in [4.78, 5) is 13.0. The molecular weight excluding hydrogens is 366 g/mol. The summed E-state index contributed by atoms with van der Waals surface area (Å²) in [6.07, 6.45) is 1.44. The fraction of sp³-hybridized carbons (Fsp3) is 0.130. The topological polar surface area (TPSA) is 79.4 Å². The molecule has 0 bridgehead atoms. The fourth-order valence-electron chi connectivity index (χ4n) is 3.18. The van der Waals surface area contributed by atoms with Gasteiger partial charge in [-0.15, -0.1) is 0 Å². The SMILES string of the molecule is CCOc1ccc(Oc2c(N)cnn(Cc3cccc4ccccc34)c2=O)cc1. The lowest BCUT2D eigenvalue weighted by atomic mass is 10.0. The second-order valence-corrected chi connectivity index (χ2v) is 6.54. The summed E-state index contributed by atoms with van der Waals surface area (Å²) in [6, 6.07) is 21.1. The molecule has 0 aliphatic rings. The molecule has 0 fully saturated rings. The van der Waals surface area contributed by atoms with E-state index in [1.807, 2.05) is 49.4 Å². The van der Waals surface area contributed by atoms with Gasteiger partial charge in [0.2, 0.25) is 5.75 Å². The van der Waals surface area contributed by atoms with Crippen LogP contribution in [-0.4, -0.2) is 16.4 Å². The van der Waals surface area contributed by atoms with Crippen molar-refractivity contribution in [3.8, 4) is 17.2 Å². The Labute approximate surface area is 168 Å². The number of nitrogen functional groups attached to an aromatic ring is 1. The molecule has 0 atom stereocenters. The maximum absolute atomic E-state index is 13.0. The van der Waals surface area contributed by atoms with Gasteiger partial charge in [0.1, 0.15) is 17.2 Å². The lowest BCUT2D eigenvalue weighted by molar-refractivity contribution is 0.339. The summed E-state index contributed by atoms with van der Waals surface area (Å²) < 4.78 is 12.6. The molecule has 1 heterocycles. The van der Waals surface area contributed by atoms with E-state index in [0.717, 1.165) is 22.1 Å². The van der Waals surface area contributed by atoms with E-state index in [-0.39, 0.29) is 17.0 Å². The number of rotatable bonds is 6. The number of ether oxygens (including phenoxy) is 2. The Morgan fingerprint density at radius 2 is 1.69 bits per heavy atom. The molecule has 0 unspecified atom stereocenters. The summed E-state index contributed by atoms with van der Waals surface area (Å²) in [6.45, 7) is 2.82. The van der Waals surface area contributed by atoms with Crippen LogP contribution in [0, 0.1) is 0 Å². The van der Waals surface area contributed by atoms with Crippen molar-refractivity contribution in [1.82, 2.24) is 9.78 Å². The highest BCUT2D eigenvalue weighted by Crippen LogP contribution is 2.25. The molecule has 0 aliphatic carbocycles. The lowest BCUT2D eigenvalue weighted by Crippen LogP contribution is -2.25. The van der Waals surface area contributed by atoms with Gasteiger partial charge in [0, 0.05) is 0 Å². The van der Waals surface area contributed by atoms with E-state index in [0.29, 0.717) is 18.9 Å². The van der Waals surface area contributed by atoms with E-state index in [2.05, 4.69) is 5.10 Å². The fourth-order valence-corrected chi connectivity index (χ4v) is 3.18. The Hall–Kier alpha value is -3.80. The van der Waals surface area contributed by atoms with Crippen molar-refractivity contribution >= 4 is 16.5 Å². The number of hydrogen-bond donors (Lipinski definition) is 1. The predicted molar refractivity (Wildman–Crippen MR) is 114 cm³/mol. The first-order chi connectivity index (χ1) is 14.2. The van der Waals surface area contributed by atoms with E-state index in [1.165, 1.54) is 10.9 Å². The zero-order valence-electron chi connectivity index (χ0n) is 16.0. The van der Waals surface area contributed by atoms with Gasteiger partial charge >= 0.3 is 5.56 Å². The molecule has 6 heteroatoms. The van der Waals surface area contributed by atoms with Gasteiger partial charge in [-0.1, -0.05) is 42.5 Å². The van der Waals surface area contributed by atoms with E-state index in [9.17, 15) is 4.79 Å². The van der Waals surface area contributed by atoms with Gasteiger partial charge in [0.15, 0.2) is 0 Å². The maximum atomic E-state index is 13.0. The van der Waals surface area contributed by atoms with Crippen molar-refractivity contribution in [2.45, 2.75) is 13.5 Å². The Balaban J connectivity index is 1.65. The normalized spacial score (nSPS) is 10.8. The molecule has 0 aliphatic heterocycles. The van der Waals surface area contributed by atoms with Gasteiger partial charge in [0.05, 0.1) is 19.3 Å². The summed E-state index contributed by atoms with van der Waals surface area (Å²) in [7, 11) is 0. The number of anilines is 1. The van der Waals surface area contributed by atoms with Crippen LogP contribution in [0.5, 0.6) is 17.2 Å². The third-order valence-electron chi connectivity index (χ3n) is 4.58. The molecule has 6 nitrogen and oxygen atoms in total. The van der Waals surface area contributed by atoms with Crippen LogP contribution in [0.2, 0.25) is 0 Å². The number of nitrogens with zero attached hydrogens (tertiary/aromatic N) is 2. The summed E-state index contributed by atoms with van der Waals surface area (Å²) in [5.74, 6) is 1.29. The summed E-state index contributed by atoms with van der Waals surface area (Å²) >= 11 is 0. The van der Waals surface area contributed by atoms with Crippen molar-refractivity contribution < 1.29 is 9.47 Å². The maximum Gasteiger partial charge on any atom is 0.312 e. The number of aromatic nitrogens is 2. The average molecular weight is 387 g/mol. The number of fused-ring (bicyclic) bond motifs is 1. The molecule has 0 radical (unpaired) electrons. The van der Waals surface area contributed by atoms with E-state index < -0.39 is 0 Å². The molecule has 4 aromatic rings. The van der Waals surface area contributed by atoms with Gasteiger partial charge in [-0.05, 0) is 47.5 Å². The molecular formula is C23H21N3O3. The first kappa shape index (κ1) is 18.6. The van der Waals surface area contributed by atoms with Crippen LogP contribution in [0.15, 0.2) is 77.7 Å². The molecule has 0 saturated carbocycles. The standard InChI is InChI=1S/C23H21N3O3/c1-2-28-18-10-12-19(13-11-18)29-22-21(24)14-25-26(23(22)27)15-17-8-5-7-16-6-3-4-9-20(16)17/h3-14H,2,15,24H2,1H3. The van der Waals surface area contributed by atoms with Crippen molar-refractivity contribution in [2.24, 2.45) is 0 Å². The highest BCUT2D eigenvalue weighted by molar-refractivity contribution is 5.85. The van der Waals surface area contributed by atoms with Crippen LogP contribution in [0.25, 0.3) is 10.8 Å². The zero-order chi connectivity index (χ0) is 20.2. The molecule has 2 N–H and O–H groups in total. The summed E-state index contributed by atoms with van der Waals surface area (Å²) in [5, 5.41) is 6.39. The lowest BCUT2D eigenvalue weighted by Gasteiger charge is -2.12. The highest BCUT2D eigenvalue weighted by atomic mass is 16.5. The zero-order valence-corrected chi connectivity index (χ0v) is 16.0. The number of nitrogens with two attached hydrogens (primary N) is 1. The molecule has 1 aromatic heterocycles. The van der Waals surface area contributed by atoms with Gasteiger partial charge in [-0.2, -0.15) is 5.10 Å². The van der Waals surface area contributed by atoms with E-state index >= 15 is 0 Å². The molecule has 0 amide bonds. The van der Waals surface area contributed by atoms with Crippen LogP contribution in [-0.2, 0) is 6.54 Å². The average Bonchev–Trinajstić information content (AvgIpc) is 2.75. The Kier molecular flexibility index (Phi) is 5.16. The second kappa shape index (κ2) is 8.06. The van der Waals surface area contributed by atoms with E-state index in [4.69, 9.17) is 15.2 Å². The third-order valence-corrected chi connectivity index (χ3v) is 4.58. The molecule has 3 aromatic carbocycles. The quantitative estimate of drug-likeness (QED) is 0.536. The first-order valence-corrected chi connectivity index (χ1v) is 9.38. The van der Waals surface area contributed by atoms with Gasteiger partial charge < -0.3 is 15.2 Å². The number of hydrogen-bond acceptors (Lipinski definition) is 5. The first-order valence-electron chi connectivity index (χ1n) is 9.38. The molecule has 0 spiro atoms. The predicted octanol–water partition coefficient (Wildman–Crippen LogP) is 4.22. The Morgan fingerprint density at radius 1 is 0.966 bits per heavy atom. The van der Waals surface area contributed by atoms with Crippen molar-refractivity contribution in [1.29, 1.82) is 0 Å². The van der Waals surface area contributed by atoms with Crippen LogP contribution < -0.4 is 20.8 Å². The minimum atomic E-state index is -0.383. The minimum absolute atomic E-state index is 0.0596. The minimum Gasteiger partial charge on any atom is -0.494 e. The monoisotopic (exact) mass is 387 g/mol. The van der Waals surface area contributed by atoms with Gasteiger partial charge in [-0.25, -0.2) is 4.68 Å². The largest absolute Gasteiger partial charge is 0.494 e. The second-order valence-electron chi connectivity index (χ2n) is 6.54. The van der Waals surface area contributed by atoms with Crippen LogP contribution in [0.1, 0.15) is 12.5 Å². The Morgan fingerprint density at radius 3 is 2.48 bits per heavy atom. The van der Waals surface area contributed by atoms with Crippen LogP contribution >= 0.6 is 0 Å². The smallest absolute Gasteiger partial charge is 0.312 e. The molecule has 0 saturated heterocycles. The van der Waals surface area contributed by atoms with Gasteiger partial charge in [-0.3, -0.25) is 4.79 Å². The third kappa shape index (κ3) is 3.91. The summed E-state index contributed by atoms with van der Waals surface area (Å²) in [5.41, 5.74) is 6.78. The van der Waals surface area contributed by atoms with Crippen molar-refractivity contribution in [3.05, 3.63) is 88.8 Å². The van der Waals surface area contributed by atoms with Crippen molar-refractivity contribution in [2.75, 3.05) is 12.3 Å². The van der Waals surface area contributed by atoms with E-state index in [1.54, 1.807) is 24.3 Å². The highest BCUT2D eigenvalue weighted by Gasteiger charge is 2.13. The molecule has 146 valence electrons. The van der Waals surface area contributed by atoms with Crippen molar-refractivity contribution in [3.63, 3.8) is 0 Å². The van der Waals surface area contributed by atoms with Crippen LogP contribution in [0.4, 0.5) is 5.69 Å². The Bertz CT molecular complexity index is 1190. The van der Waals surface area contributed by atoms with Gasteiger partial charge in [0.25, 0.3) is 0 Å².